The third-order valence-corrected chi connectivity index (χ3v) is 3.91. The summed E-state index contributed by atoms with van der Waals surface area (Å²) >= 11 is 0. The molecule has 0 N–H and O–H groups in total. The fraction of sp³-hybridized carbons (Fsp3) is 0.0952. The lowest BCUT2D eigenvalue weighted by atomic mass is 10.0. The fourth-order valence-corrected chi connectivity index (χ4v) is 2.67. The van der Waals surface area contributed by atoms with Crippen LogP contribution in [0.5, 0.6) is 11.5 Å². The Morgan fingerprint density at radius 3 is 2.50 bits per heavy atom. The SMILES string of the molecule is COc1ccc(OC)c(/C=C/C(=O)c2cccc3ccccc23)c1. The van der Waals surface area contributed by atoms with Crippen LogP contribution in [-0.2, 0) is 0 Å². The highest BCUT2D eigenvalue weighted by molar-refractivity contribution is 6.14. The number of allylic oxidation sites excluding steroid dienone is 1. The summed E-state index contributed by atoms with van der Waals surface area (Å²) in [5.74, 6) is 1.36. The molecule has 0 bridgehead atoms. The number of carbonyl (C=O) groups is 1. The Morgan fingerprint density at radius 2 is 1.71 bits per heavy atom. The molecule has 0 saturated heterocycles. The average Bonchev–Trinajstić information content (AvgIpc) is 2.65. The predicted octanol–water partition coefficient (Wildman–Crippen LogP) is 4.75. The molecule has 120 valence electrons. The van der Waals surface area contributed by atoms with Crippen LogP contribution in [0.15, 0.2) is 66.7 Å². The van der Waals surface area contributed by atoms with Gasteiger partial charge in [0, 0.05) is 11.1 Å². The van der Waals surface area contributed by atoms with Crippen LogP contribution in [0, 0.1) is 0 Å². The molecule has 0 spiro atoms. The van der Waals surface area contributed by atoms with Crippen molar-refractivity contribution in [1.29, 1.82) is 0 Å². The van der Waals surface area contributed by atoms with Crippen molar-refractivity contribution in [2.45, 2.75) is 0 Å². The van der Waals surface area contributed by atoms with E-state index in [0.29, 0.717) is 17.1 Å². The molecule has 0 radical (unpaired) electrons. The Balaban J connectivity index is 1.96. The standard InChI is InChI=1S/C21H18O3/c1-23-17-11-13-21(24-2)16(14-17)10-12-20(22)19-9-5-7-15-6-3-4-8-18(15)19/h3-14H,1-2H3/b12-10+. The minimum Gasteiger partial charge on any atom is -0.497 e. The lowest BCUT2D eigenvalue weighted by Crippen LogP contribution is -1.96. The van der Waals surface area contributed by atoms with Crippen LogP contribution in [0.1, 0.15) is 15.9 Å². The lowest BCUT2D eigenvalue weighted by Gasteiger charge is -2.07. The number of ketones is 1. The maximum absolute atomic E-state index is 12.6. The zero-order chi connectivity index (χ0) is 16.9. The predicted molar refractivity (Wildman–Crippen MR) is 96.9 cm³/mol. The molecule has 0 fully saturated rings. The van der Waals surface area contributed by atoms with Crippen LogP contribution in [0.3, 0.4) is 0 Å². The molecule has 0 saturated carbocycles. The number of benzene rings is 3. The maximum atomic E-state index is 12.6. The molecular formula is C21H18O3. The molecule has 0 aromatic heterocycles. The summed E-state index contributed by atoms with van der Waals surface area (Å²) in [6.45, 7) is 0. The van der Waals surface area contributed by atoms with E-state index in [2.05, 4.69) is 0 Å². The molecule has 0 aliphatic heterocycles. The Hall–Kier alpha value is -3.07. The Bertz CT molecular complexity index is 905. The van der Waals surface area contributed by atoms with Gasteiger partial charge >= 0.3 is 0 Å². The van der Waals surface area contributed by atoms with Crippen LogP contribution in [0.2, 0.25) is 0 Å². The number of hydrogen-bond donors (Lipinski definition) is 0. The summed E-state index contributed by atoms with van der Waals surface area (Å²) in [6.07, 6.45) is 3.32. The van der Waals surface area contributed by atoms with Gasteiger partial charge in [0.05, 0.1) is 14.2 Å². The van der Waals surface area contributed by atoms with Gasteiger partial charge in [-0.25, -0.2) is 0 Å². The second-order valence-electron chi connectivity index (χ2n) is 5.33. The molecule has 24 heavy (non-hydrogen) atoms. The number of ether oxygens (including phenoxy) is 2. The molecule has 0 amide bonds. The van der Waals surface area contributed by atoms with E-state index in [1.165, 1.54) is 0 Å². The van der Waals surface area contributed by atoms with E-state index in [1.807, 2.05) is 60.7 Å². The van der Waals surface area contributed by atoms with E-state index >= 15 is 0 Å². The van der Waals surface area contributed by atoms with Crippen molar-refractivity contribution in [2.75, 3.05) is 14.2 Å². The smallest absolute Gasteiger partial charge is 0.186 e. The third-order valence-electron chi connectivity index (χ3n) is 3.91. The van der Waals surface area contributed by atoms with Gasteiger partial charge < -0.3 is 9.47 Å². The highest BCUT2D eigenvalue weighted by atomic mass is 16.5. The molecule has 0 heterocycles. The minimum atomic E-state index is -0.0447. The van der Waals surface area contributed by atoms with E-state index in [1.54, 1.807) is 26.4 Å². The van der Waals surface area contributed by atoms with Gasteiger partial charge in [-0.05, 0) is 41.1 Å². The van der Waals surface area contributed by atoms with Crippen molar-refractivity contribution in [3.8, 4) is 11.5 Å². The van der Waals surface area contributed by atoms with Crippen molar-refractivity contribution in [2.24, 2.45) is 0 Å². The molecule has 3 nitrogen and oxygen atoms in total. The maximum Gasteiger partial charge on any atom is 0.186 e. The van der Waals surface area contributed by atoms with Gasteiger partial charge in [0.15, 0.2) is 5.78 Å². The molecule has 0 aliphatic carbocycles. The number of carbonyl (C=O) groups excluding carboxylic acids is 1. The van der Waals surface area contributed by atoms with E-state index in [4.69, 9.17) is 9.47 Å². The second-order valence-corrected chi connectivity index (χ2v) is 5.33. The summed E-state index contributed by atoms with van der Waals surface area (Å²) in [7, 11) is 3.21. The first-order chi connectivity index (χ1) is 11.7. The van der Waals surface area contributed by atoms with E-state index in [-0.39, 0.29) is 5.78 Å². The molecule has 0 atom stereocenters. The van der Waals surface area contributed by atoms with Gasteiger partial charge in [-0.15, -0.1) is 0 Å². The van der Waals surface area contributed by atoms with Crippen LogP contribution in [0.25, 0.3) is 16.8 Å². The van der Waals surface area contributed by atoms with E-state index in [0.717, 1.165) is 16.3 Å². The first-order valence-electron chi connectivity index (χ1n) is 7.65. The quantitative estimate of drug-likeness (QED) is 0.503. The van der Waals surface area contributed by atoms with Gasteiger partial charge in [0.25, 0.3) is 0 Å². The van der Waals surface area contributed by atoms with E-state index < -0.39 is 0 Å². The van der Waals surface area contributed by atoms with Crippen molar-refractivity contribution >= 4 is 22.6 Å². The summed E-state index contributed by atoms with van der Waals surface area (Å²) in [4.78, 5) is 12.6. The van der Waals surface area contributed by atoms with Gasteiger partial charge in [0.2, 0.25) is 0 Å². The average molecular weight is 318 g/mol. The number of fused-ring (bicyclic) bond motifs is 1. The Labute approximate surface area is 141 Å². The zero-order valence-corrected chi connectivity index (χ0v) is 13.7. The minimum absolute atomic E-state index is 0.0447. The molecule has 0 aliphatic rings. The van der Waals surface area contributed by atoms with E-state index in [9.17, 15) is 4.79 Å². The van der Waals surface area contributed by atoms with Crippen LogP contribution >= 0.6 is 0 Å². The van der Waals surface area contributed by atoms with Gasteiger partial charge in [-0.2, -0.15) is 0 Å². The molecule has 3 aromatic carbocycles. The van der Waals surface area contributed by atoms with Gasteiger partial charge in [-0.1, -0.05) is 42.5 Å². The number of hydrogen-bond acceptors (Lipinski definition) is 3. The molecular weight excluding hydrogens is 300 g/mol. The normalized spacial score (nSPS) is 10.9. The van der Waals surface area contributed by atoms with Crippen molar-refractivity contribution in [3.63, 3.8) is 0 Å². The molecule has 0 unspecified atom stereocenters. The molecule has 3 heteroatoms. The number of methoxy groups -OCH3 is 2. The van der Waals surface area contributed by atoms with Crippen LogP contribution < -0.4 is 9.47 Å². The molecule has 3 aromatic rings. The van der Waals surface area contributed by atoms with Gasteiger partial charge in [0.1, 0.15) is 11.5 Å². The monoisotopic (exact) mass is 318 g/mol. The summed E-state index contributed by atoms with van der Waals surface area (Å²) < 4.78 is 10.6. The number of rotatable bonds is 5. The second kappa shape index (κ2) is 7.01. The first-order valence-corrected chi connectivity index (χ1v) is 7.65. The Morgan fingerprint density at radius 1 is 0.917 bits per heavy atom. The van der Waals surface area contributed by atoms with Crippen LogP contribution in [0.4, 0.5) is 0 Å². The first kappa shape index (κ1) is 15.8. The largest absolute Gasteiger partial charge is 0.497 e. The lowest BCUT2D eigenvalue weighted by molar-refractivity contribution is 0.104. The van der Waals surface area contributed by atoms with Crippen LogP contribution in [-0.4, -0.2) is 20.0 Å². The Kier molecular flexibility index (Phi) is 4.62. The summed E-state index contributed by atoms with van der Waals surface area (Å²) in [6, 6.07) is 19.1. The zero-order valence-electron chi connectivity index (χ0n) is 13.7. The molecule has 3 rings (SSSR count). The summed E-state index contributed by atoms with van der Waals surface area (Å²) in [5, 5.41) is 2.00. The van der Waals surface area contributed by atoms with Crippen molar-refractivity contribution < 1.29 is 14.3 Å². The summed E-state index contributed by atoms with van der Waals surface area (Å²) in [5.41, 5.74) is 1.48. The topological polar surface area (TPSA) is 35.5 Å². The van der Waals surface area contributed by atoms with Crippen molar-refractivity contribution in [3.05, 3.63) is 77.9 Å². The fourth-order valence-electron chi connectivity index (χ4n) is 2.67. The van der Waals surface area contributed by atoms with Crippen molar-refractivity contribution in [1.82, 2.24) is 0 Å². The highest BCUT2D eigenvalue weighted by Gasteiger charge is 2.08. The third kappa shape index (κ3) is 3.15. The van der Waals surface area contributed by atoms with Gasteiger partial charge in [-0.3, -0.25) is 4.79 Å². The highest BCUT2D eigenvalue weighted by Crippen LogP contribution is 2.26.